The number of carbonyl (C=O) groups is 1. The van der Waals surface area contributed by atoms with Crippen LogP contribution in [0.15, 0.2) is 64.8 Å². The van der Waals surface area contributed by atoms with Gasteiger partial charge in [0.2, 0.25) is 5.56 Å². The molecule has 14 heteroatoms. The van der Waals surface area contributed by atoms with Gasteiger partial charge < -0.3 is 30.2 Å². The number of ether oxygens (including phenoxy) is 1. The molecule has 0 saturated heterocycles. The van der Waals surface area contributed by atoms with E-state index in [1.807, 2.05) is 29.6 Å². The molecule has 4 heterocycles. The van der Waals surface area contributed by atoms with E-state index in [9.17, 15) is 19.8 Å². The fourth-order valence-corrected chi connectivity index (χ4v) is 10.5. The molecule has 11 nitrogen and oxygen atoms in total. The van der Waals surface area contributed by atoms with Crippen molar-refractivity contribution in [2.24, 2.45) is 0 Å². The lowest BCUT2D eigenvalue weighted by Gasteiger charge is -2.34. The first-order chi connectivity index (χ1) is 26.7. The van der Waals surface area contributed by atoms with Gasteiger partial charge in [-0.05, 0) is 129 Å². The third-order valence-electron chi connectivity index (χ3n) is 11.3. The number of halogens is 1. The number of aliphatic hydroxyl groups is 1. The molecule has 1 unspecified atom stereocenters. The van der Waals surface area contributed by atoms with Gasteiger partial charge in [-0.3, -0.25) is 9.59 Å². The molecule has 0 amide bonds. The highest BCUT2D eigenvalue weighted by Crippen LogP contribution is 2.37. The molecular formula is C41H45ClN6O5S2. The van der Waals surface area contributed by atoms with Crippen LogP contribution in [0.1, 0.15) is 82.6 Å². The lowest BCUT2D eigenvalue weighted by Crippen LogP contribution is -2.38. The molecule has 4 N–H and O–H groups in total. The molecule has 2 aliphatic carbocycles. The number of phenolic OH excluding ortho intramolecular Hbond substituents is 1. The summed E-state index contributed by atoms with van der Waals surface area (Å²) in [5.74, 6) is -0.643. The van der Waals surface area contributed by atoms with E-state index in [4.69, 9.17) is 16.3 Å². The first kappa shape index (κ1) is 37.8. The number of aryl methyl sites for hydroxylation is 2. The fourth-order valence-electron chi connectivity index (χ4n) is 8.46. The summed E-state index contributed by atoms with van der Waals surface area (Å²) in [7, 11) is 2.20. The molecule has 0 bridgehead atoms. The number of benzene rings is 2. The molecule has 1 saturated carbocycles. The van der Waals surface area contributed by atoms with Gasteiger partial charge in [0.05, 0.1) is 21.5 Å². The van der Waals surface area contributed by atoms with Gasteiger partial charge in [-0.15, -0.1) is 27.8 Å². The van der Waals surface area contributed by atoms with E-state index >= 15 is 0 Å². The summed E-state index contributed by atoms with van der Waals surface area (Å²) >= 11 is 9.23. The van der Waals surface area contributed by atoms with Gasteiger partial charge in [0, 0.05) is 46.9 Å². The highest BCUT2D eigenvalue weighted by molar-refractivity contribution is 7.16. The van der Waals surface area contributed by atoms with E-state index in [0.717, 1.165) is 85.2 Å². The van der Waals surface area contributed by atoms with Crippen LogP contribution in [0.3, 0.4) is 0 Å². The normalized spacial score (nSPS) is 18.3. The van der Waals surface area contributed by atoms with E-state index < -0.39 is 12.0 Å². The van der Waals surface area contributed by atoms with Crippen LogP contribution < -0.4 is 10.9 Å². The number of aliphatic hydroxyl groups excluding tert-OH is 1. The second-order valence-corrected chi connectivity index (χ2v) is 17.5. The minimum atomic E-state index is -0.830. The Morgan fingerprint density at radius 1 is 1.11 bits per heavy atom. The fraction of sp³-hybridized carbons (Fsp3) is 0.415. The van der Waals surface area contributed by atoms with Gasteiger partial charge in [-0.2, -0.15) is 0 Å². The summed E-state index contributed by atoms with van der Waals surface area (Å²) in [4.78, 5) is 32.3. The molecule has 2 aliphatic rings. The maximum Gasteiger partial charge on any atom is 0.319 e. The first-order valence-electron chi connectivity index (χ1n) is 19.0. The number of rotatable bonds is 14. The molecule has 288 valence electrons. The van der Waals surface area contributed by atoms with Gasteiger partial charge in [0.1, 0.15) is 23.3 Å². The average Bonchev–Trinajstić information content (AvgIpc) is 4.01. The van der Waals surface area contributed by atoms with E-state index in [0.29, 0.717) is 39.9 Å². The number of phenols is 1. The van der Waals surface area contributed by atoms with Gasteiger partial charge in [-0.1, -0.05) is 28.9 Å². The predicted molar refractivity (Wildman–Crippen MR) is 217 cm³/mol. The SMILES string of the molecule is CN(CCCn1nnc2cc(CNC[C@H](O)c3ccc(O)c4[nH]c(=O)ccc34)c3c(c21)CCC3)C1CCC(OC(=O)C(c2cccs2)c2ccc(Cl)s2)CC1. The Bertz CT molecular complexity index is 2350. The zero-order chi connectivity index (χ0) is 38.1. The number of nitrogens with one attached hydrogen (secondary N) is 2. The number of aromatic nitrogens is 4. The largest absolute Gasteiger partial charge is 0.506 e. The van der Waals surface area contributed by atoms with Crippen molar-refractivity contribution >= 4 is 62.2 Å². The number of aromatic amines is 1. The van der Waals surface area contributed by atoms with E-state index in [1.54, 1.807) is 23.5 Å². The van der Waals surface area contributed by atoms with Crippen molar-refractivity contribution in [2.75, 3.05) is 20.1 Å². The van der Waals surface area contributed by atoms with Crippen molar-refractivity contribution in [2.45, 2.75) is 88.6 Å². The summed E-state index contributed by atoms with van der Waals surface area (Å²) in [6.45, 7) is 2.61. The number of H-pyrrole nitrogens is 1. The summed E-state index contributed by atoms with van der Waals surface area (Å²) < 4.78 is 8.87. The highest BCUT2D eigenvalue weighted by Gasteiger charge is 2.32. The van der Waals surface area contributed by atoms with Crippen LogP contribution in [0, 0.1) is 0 Å². The second-order valence-electron chi connectivity index (χ2n) is 14.8. The minimum absolute atomic E-state index is 0.0275. The lowest BCUT2D eigenvalue weighted by molar-refractivity contribution is -0.151. The number of hydrogen-bond donors (Lipinski definition) is 4. The summed E-state index contributed by atoms with van der Waals surface area (Å²) in [6, 6.07) is 16.5. The second kappa shape index (κ2) is 16.5. The van der Waals surface area contributed by atoms with Gasteiger partial charge >= 0.3 is 5.97 Å². The lowest BCUT2D eigenvalue weighted by atomic mass is 9.91. The molecule has 0 radical (unpaired) electrons. The van der Waals surface area contributed by atoms with Gasteiger partial charge in [0.25, 0.3) is 0 Å². The molecule has 55 heavy (non-hydrogen) atoms. The summed E-state index contributed by atoms with van der Waals surface area (Å²) in [6.07, 6.45) is 6.83. The number of nitrogens with zero attached hydrogens (tertiary/aromatic N) is 4. The Kier molecular flexibility index (Phi) is 11.4. The highest BCUT2D eigenvalue weighted by atomic mass is 35.5. The average molecular weight is 801 g/mol. The summed E-state index contributed by atoms with van der Waals surface area (Å²) in [5.41, 5.74) is 6.55. The Morgan fingerprint density at radius 3 is 2.73 bits per heavy atom. The van der Waals surface area contributed by atoms with Crippen LogP contribution in [0.4, 0.5) is 0 Å². The van der Waals surface area contributed by atoms with Crippen LogP contribution in [0.2, 0.25) is 4.34 Å². The number of esters is 1. The molecular weight excluding hydrogens is 756 g/mol. The Morgan fingerprint density at radius 2 is 1.95 bits per heavy atom. The Hall–Kier alpha value is -4.11. The molecule has 2 aromatic carbocycles. The van der Waals surface area contributed by atoms with Crippen LogP contribution in [0.25, 0.3) is 21.9 Å². The third kappa shape index (κ3) is 8.09. The van der Waals surface area contributed by atoms with Crippen molar-refractivity contribution < 1.29 is 19.7 Å². The minimum Gasteiger partial charge on any atom is -0.506 e. The van der Waals surface area contributed by atoms with Gasteiger partial charge in [0.15, 0.2) is 0 Å². The van der Waals surface area contributed by atoms with Crippen LogP contribution in [0.5, 0.6) is 5.75 Å². The summed E-state index contributed by atoms with van der Waals surface area (Å²) in [5, 5.41) is 36.5. The Balaban J connectivity index is 0.837. The molecule has 6 aromatic rings. The number of pyridine rings is 1. The molecule has 0 spiro atoms. The van der Waals surface area contributed by atoms with Gasteiger partial charge in [-0.25, -0.2) is 4.68 Å². The van der Waals surface area contributed by atoms with Crippen molar-refractivity contribution in [1.29, 1.82) is 0 Å². The monoisotopic (exact) mass is 800 g/mol. The topological polar surface area (TPSA) is 146 Å². The number of aromatic hydroxyl groups is 1. The number of fused-ring (bicyclic) bond motifs is 4. The van der Waals surface area contributed by atoms with E-state index in [2.05, 4.69) is 43.3 Å². The molecule has 4 aromatic heterocycles. The number of hydrogen-bond acceptors (Lipinski definition) is 11. The predicted octanol–water partition coefficient (Wildman–Crippen LogP) is 7.08. The van der Waals surface area contributed by atoms with E-state index in [-0.39, 0.29) is 23.4 Å². The van der Waals surface area contributed by atoms with Crippen molar-refractivity contribution in [3.8, 4) is 5.75 Å². The number of thiophene rings is 2. The van der Waals surface area contributed by atoms with Crippen LogP contribution >= 0.6 is 34.3 Å². The molecule has 8 rings (SSSR count). The smallest absolute Gasteiger partial charge is 0.319 e. The zero-order valence-corrected chi connectivity index (χ0v) is 33.1. The van der Waals surface area contributed by atoms with Crippen LogP contribution in [-0.4, -0.2) is 73.3 Å². The van der Waals surface area contributed by atoms with Crippen LogP contribution in [-0.2, 0) is 35.5 Å². The van der Waals surface area contributed by atoms with Crippen molar-refractivity contribution in [1.82, 2.24) is 30.2 Å². The first-order valence-corrected chi connectivity index (χ1v) is 21.1. The van der Waals surface area contributed by atoms with E-state index in [1.165, 1.54) is 40.2 Å². The number of carbonyl (C=O) groups excluding carboxylic acids is 1. The molecule has 1 fully saturated rings. The maximum atomic E-state index is 13.4. The standard InChI is InChI=1S/C41H45ClN6O5S2/c1-47(25-8-10-26(11-9-25)53-41(52)38(34-7-3-20-54-34)35-15-16-36(42)55-35)18-4-19-48-40-30-6-2-5-27(30)24(21-31(40)45-46-48)22-43-23-33(50)28-12-14-32(49)39-29(28)13-17-37(51)44-39/h3,7,12-17,20-21,25-26,33,38,43,49-50H,2,4-6,8-11,18-19,22-23H2,1H3,(H,44,51)/t25?,26?,33-,38?/m0/s1. The van der Waals surface area contributed by atoms with Crippen molar-refractivity contribution in [3.63, 3.8) is 0 Å². The third-order valence-corrected chi connectivity index (χ3v) is 13.5. The Labute approximate surface area is 331 Å². The molecule has 0 aliphatic heterocycles. The van der Waals surface area contributed by atoms with Crippen molar-refractivity contribution in [3.05, 3.63) is 107 Å². The zero-order valence-electron chi connectivity index (χ0n) is 30.7. The quantitative estimate of drug-likeness (QED) is 0.0850. The maximum absolute atomic E-state index is 13.4. The molecule has 2 atom stereocenters.